The maximum absolute atomic E-state index is 13.9. The van der Waals surface area contributed by atoms with Crippen LogP contribution in [0.1, 0.15) is 15.9 Å². The molecule has 0 bridgehead atoms. The summed E-state index contributed by atoms with van der Waals surface area (Å²) < 4.78 is 27.2. The Morgan fingerprint density at radius 1 is 1.00 bits per heavy atom. The molecule has 0 saturated carbocycles. The van der Waals surface area contributed by atoms with Crippen molar-refractivity contribution >= 4 is 17.5 Å². The summed E-state index contributed by atoms with van der Waals surface area (Å²) in [6.07, 6.45) is 0. The van der Waals surface area contributed by atoms with Crippen LogP contribution in [0, 0.1) is 18.6 Å². The number of anilines is 2. The molecular formula is C19H15F2N3O. The van der Waals surface area contributed by atoms with Gasteiger partial charge in [0, 0.05) is 16.7 Å². The van der Waals surface area contributed by atoms with E-state index in [2.05, 4.69) is 10.3 Å². The van der Waals surface area contributed by atoms with Crippen LogP contribution in [0.5, 0.6) is 0 Å². The SMILES string of the molecule is Cc1ccc(C(=O)Nc2ccc(-c3cc(F)ccc3F)c(N)n2)cc1. The second kappa shape index (κ2) is 6.68. The Kier molecular flexibility index (Phi) is 4.43. The number of nitrogens with one attached hydrogen (secondary N) is 1. The number of carbonyl (C=O) groups is 1. The van der Waals surface area contributed by atoms with Gasteiger partial charge < -0.3 is 11.1 Å². The number of nitrogens with zero attached hydrogens (tertiary/aromatic N) is 1. The number of aromatic nitrogens is 1. The van der Waals surface area contributed by atoms with Crippen molar-refractivity contribution in [3.05, 3.63) is 77.4 Å². The smallest absolute Gasteiger partial charge is 0.256 e. The summed E-state index contributed by atoms with van der Waals surface area (Å²) in [5, 5.41) is 2.63. The summed E-state index contributed by atoms with van der Waals surface area (Å²) >= 11 is 0. The highest BCUT2D eigenvalue weighted by atomic mass is 19.1. The molecule has 1 heterocycles. The molecule has 1 aromatic heterocycles. The Hall–Kier alpha value is -3.28. The molecule has 126 valence electrons. The van der Waals surface area contributed by atoms with Gasteiger partial charge in [0.15, 0.2) is 0 Å². The first kappa shape index (κ1) is 16.6. The Labute approximate surface area is 143 Å². The molecule has 3 N–H and O–H groups in total. The fourth-order valence-corrected chi connectivity index (χ4v) is 2.37. The third kappa shape index (κ3) is 3.63. The molecule has 0 spiro atoms. The number of nitrogen functional groups attached to an aromatic ring is 1. The minimum absolute atomic E-state index is 0.00814. The molecule has 0 aliphatic heterocycles. The van der Waals surface area contributed by atoms with Gasteiger partial charge in [-0.3, -0.25) is 4.79 Å². The van der Waals surface area contributed by atoms with Gasteiger partial charge in [-0.15, -0.1) is 0 Å². The summed E-state index contributed by atoms with van der Waals surface area (Å²) in [4.78, 5) is 16.2. The molecule has 0 aliphatic rings. The number of halogens is 2. The van der Waals surface area contributed by atoms with Gasteiger partial charge >= 0.3 is 0 Å². The number of amides is 1. The molecule has 25 heavy (non-hydrogen) atoms. The summed E-state index contributed by atoms with van der Waals surface area (Å²) in [7, 11) is 0. The second-order valence-corrected chi connectivity index (χ2v) is 5.57. The van der Waals surface area contributed by atoms with Crippen LogP contribution in [-0.4, -0.2) is 10.9 Å². The predicted octanol–water partition coefficient (Wildman–Crippen LogP) is 4.17. The zero-order valence-electron chi connectivity index (χ0n) is 13.4. The summed E-state index contributed by atoms with van der Waals surface area (Å²) in [5.41, 5.74) is 7.65. The van der Waals surface area contributed by atoms with Crippen LogP contribution >= 0.6 is 0 Å². The molecule has 0 unspecified atom stereocenters. The molecule has 0 atom stereocenters. The molecule has 0 fully saturated rings. The van der Waals surface area contributed by atoms with E-state index in [0.717, 1.165) is 23.8 Å². The third-order valence-corrected chi connectivity index (χ3v) is 3.70. The standard InChI is InChI=1S/C19H15F2N3O/c1-11-2-4-12(5-3-11)19(25)24-17-9-7-14(18(22)23-17)15-10-13(20)6-8-16(15)21/h2-10H,1H3,(H3,22,23,24,25). The van der Waals surface area contributed by atoms with E-state index in [9.17, 15) is 13.6 Å². The number of hydrogen-bond donors (Lipinski definition) is 2. The van der Waals surface area contributed by atoms with E-state index < -0.39 is 11.6 Å². The third-order valence-electron chi connectivity index (χ3n) is 3.70. The quantitative estimate of drug-likeness (QED) is 0.752. The maximum Gasteiger partial charge on any atom is 0.256 e. The Balaban J connectivity index is 1.86. The highest BCUT2D eigenvalue weighted by Gasteiger charge is 2.13. The van der Waals surface area contributed by atoms with Crippen LogP contribution in [0.15, 0.2) is 54.6 Å². The zero-order chi connectivity index (χ0) is 18.0. The van der Waals surface area contributed by atoms with Gasteiger partial charge in [0.25, 0.3) is 5.91 Å². The largest absolute Gasteiger partial charge is 0.383 e. The fourth-order valence-electron chi connectivity index (χ4n) is 2.37. The van der Waals surface area contributed by atoms with E-state index in [0.29, 0.717) is 5.56 Å². The molecule has 0 saturated heterocycles. The Bertz CT molecular complexity index is 940. The monoisotopic (exact) mass is 339 g/mol. The number of benzene rings is 2. The number of nitrogens with two attached hydrogens (primary N) is 1. The average Bonchev–Trinajstić information content (AvgIpc) is 2.58. The van der Waals surface area contributed by atoms with Gasteiger partial charge in [0.2, 0.25) is 0 Å². The van der Waals surface area contributed by atoms with Gasteiger partial charge in [-0.2, -0.15) is 0 Å². The van der Waals surface area contributed by atoms with Crippen LogP contribution in [0.25, 0.3) is 11.1 Å². The molecule has 1 amide bonds. The van der Waals surface area contributed by atoms with Gasteiger partial charge in [0.1, 0.15) is 23.3 Å². The first-order chi connectivity index (χ1) is 11.9. The minimum atomic E-state index is -0.605. The van der Waals surface area contributed by atoms with Crippen molar-refractivity contribution in [1.82, 2.24) is 4.98 Å². The van der Waals surface area contributed by atoms with Crippen LogP contribution < -0.4 is 11.1 Å². The molecule has 4 nitrogen and oxygen atoms in total. The lowest BCUT2D eigenvalue weighted by Gasteiger charge is -2.10. The topological polar surface area (TPSA) is 68.0 Å². The average molecular weight is 339 g/mol. The summed E-state index contributed by atoms with van der Waals surface area (Å²) in [5.74, 6) is -1.30. The van der Waals surface area contributed by atoms with Crippen LogP contribution in [0.4, 0.5) is 20.4 Å². The number of pyridine rings is 1. The van der Waals surface area contributed by atoms with Crippen molar-refractivity contribution in [2.75, 3.05) is 11.1 Å². The fraction of sp³-hybridized carbons (Fsp3) is 0.0526. The molecular weight excluding hydrogens is 324 g/mol. The summed E-state index contributed by atoms with van der Waals surface area (Å²) in [6.45, 7) is 1.92. The van der Waals surface area contributed by atoms with Crippen LogP contribution in [0.2, 0.25) is 0 Å². The molecule has 3 aromatic rings. The number of hydrogen-bond acceptors (Lipinski definition) is 3. The van der Waals surface area contributed by atoms with Crippen LogP contribution in [-0.2, 0) is 0 Å². The lowest BCUT2D eigenvalue weighted by atomic mass is 10.1. The van der Waals surface area contributed by atoms with E-state index in [1.165, 1.54) is 12.1 Å². The molecule has 2 aromatic carbocycles. The van der Waals surface area contributed by atoms with Crippen molar-refractivity contribution in [3.63, 3.8) is 0 Å². The van der Waals surface area contributed by atoms with E-state index in [-0.39, 0.29) is 28.7 Å². The van der Waals surface area contributed by atoms with E-state index in [1.807, 2.05) is 19.1 Å². The van der Waals surface area contributed by atoms with E-state index in [1.54, 1.807) is 12.1 Å². The Morgan fingerprint density at radius 2 is 1.72 bits per heavy atom. The molecule has 6 heteroatoms. The van der Waals surface area contributed by atoms with Crippen molar-refractivity contribution in [2.45, 2.75) is 6.92 Å². The van der Waals surface area contributed by atoms with Gasteiger partial charge in [-0.05, 0) is 49.4 Å². The lowest BCUT2D eigenvalue weighted by molar-refractivity contribution is 0.102. The van der Waals surface area contributed by atoms with Crippen molar-refractivity contribution in [1.29, 1.82) is 0 Å². The molecule has 0 radical (unpaired) electrons. The predicted molar refractivity (Wildman–Crippen MR) is 93.1 cm³/mol. The van der Waals surface area contributed by atoms with Crippen molar-refractivity contribution < 1.29 is 13.6 Å². The minimum Gasteiger partial charge on any atom is -0.383 e. The van der Waals surface area contributed by atoms with Crippen LogP contribution in [0.3, 0.4) is 0 Å². The van der Waals surface area contributed by atoms with Gasteiger partial charge in [0.05, 0.1) is 0 Å². The first-order valence-corrected chi connectivity index (χ1v) is 7.54. The van der Waals surface area contributed by atoms with E-state index in [4.69, 9.17) is 5.73 Å². The zero-order valence-corrected chi connectivity index (χ0v) is 13.4. The van der Waals surface area contributed by atoms with Crippen molar-refractivity contribution in [3.8, 4) is 11.1 Å². The number of carbonyl (C=O) groups excluding carboxylic acids is 1. The molecule has 0 aliphatic carbocycles. The Morgan fingerprint density at radius 3 is 2.40 bits per heavy atom. The maximum atomic E-state index is 13.9. The second-order valence-electron chi connectivity index (χ2n) is 5.57. The van der Waals surface area contributed by atoms with Gasteiger partial charge in [-0.25, -0.2) is 13.8 Å². The summed E-state index contributed by atoms with van der Waals surface area (Å²) in [6, 6.07) is 13.1. The highest BCUT2D eigenvalue weighted by Crippen LogP contribution is 2.29. The van der Waals surface area contributed by atoms with Crippen molar-refractivity contribution in [2.24, 2.45) is 0 Å². The number of aryl methyl sites for hydroxylation is 1. The first-order valence-electron chi connectivity index (χ1n) is 7.54. The van der Waals surface area contributed by atoms with Gasteiger partial charge in [-0.1, -0.05) is 17.7 Å². The lowest BCUT2D eigenvalue weighted by Crippen LogP contribution is -2.13. The highest BCUT2D eigenvalue weighted by molar-refractivity contribution is 6.04. The van der Waals surface area contributed by atoms with E-state index >= 15 is 0 Å². The normalized spacial score (nSPS) is 10.5. The number of rotatable bonds is 3. The molecule has 3 rings (SSSR count).